The minimum absolute atomic E-state index is 0.0252. The molecule has 0 saturated heterocycles. The van der Waals surface area contributed by atoms with E-state index in [9.17, 15) is 18.4 Å². The second-order valence-electron chi connectivity index (χ2n) is 3.62. The first-order valence-electron chi connectivity index (χ1n) is 5.33. The van der Waals surface area contributed by atoms with Crippen LogP contribution in [-0.4, -0.2) is 24.4 Å². The van der Waals surface area contributed by atoms with Crippen LogP contribution >= 0.6 is 0 Å². The molecular formula is C12H12F2N2O3. The maximum absolute atomic E-state index is 11.9. The zero-order valence-corrected chi connectivity index (χ0v) is 10.1. The predicted octanol–water partition coefficient (Wildman–Crippen LogP) is 2.23. The highest BCUT2D eigenvalue weighted by molar-refractivity contribution is 6.31. The van der Waals surface area contributed by atoms with Crippen molar-refractivity contribution in [2.75, 3.05) is 5.43 Å². The standard InChI is InChI=1S/C12H12F2N2O3/c1-8(17)6-10(18)7-15-16-9-2-4-11(5-3-9)19-12(13)14/h2-5,7,12,16H,6H2,1H3. The molecule has 1 aromatic rings. The van der Waals surface area contributed by atoms with E-state index >= 15 is 0 Å². The first-order chi connectivity index (χ1) is 8.97. The fourth-order valence-corrected chi connectivity index (χ4v) is 1.18. The van der Waals surface area contributed by atoms with Crippen molar-refractivity contribution >= 4 is 23.5 Å². The molecule has 0 unspecified atom stereocenters. The van der Waals surface area contributed by atoms with Gasteiger partial charge in [0.15, 0.2) is 5.78 Å². The Morgan fingerprint density at radius 3 is 2.53 bits per heavy atom. The van der Waals surface area contributed by atoms with Crippen LogP contribution in [0.25, 0.3) is 0 Å². The summed E-state index contributed by atoms with van der Waals surface area (Å²) >= 11 is 0. The monoisotopic (exact) mass is 270 g/mol. The Labute approximate surface area is 108 Å². The summed E-state index contributed by atoms with van der Waals surface area (Å²) in [5, 5.41) is 3.62. The molecule has 1 N–H and O–H groups in total. The Kier molecular flexibility index (Phi) is 5.59. The lowest BCUT2D eigenvalue weighted by molar-refractivity contribution is -0.122. The van der Waals surface area contributed by atoms with Gasteiger partial charge in [-0.15, -0.1) is 0 Å². The summed E-state index contributed by atoms with van der Waals surface area (Å²) in [6.07, 6.45) is 0.789. The van der Waals surface area contributed by atoms with Gasteiger partial charge < -0.3 is 4.74 Å². The maximum atomic E-state index is 11.9. The minimum atomic E-state index is -2.87. The first-order valence-corrected chi connectivity index (χ1v) is 5.33. The van der Waals surface area contributed by atoms with Crippen LogP contribution in [0.4, 0.5) is 14.5 Å². The highest BCUT2D eigenvalue weighted by Gasteiger charge is 2.03. The van der Waals surface area contributed by atoms with Crippen LogP contribution in [0.2, 0.25) is 0 Å². The molecular weight excluding hydrogens is 258 g/mol. The number of ether oxygens (including phenoxy) is 1. The van der Waals surface area contributed by atoms with Crippen LogP contribution in [0.5, 0.6) is 5.75 Å². The van der Waals surface area contributed by atoms with E-state index < -0.39 is 12.4 Å². The molecule has 0 aliphatic rings. The second kappa shape index (κ2) is 7.20. The number of ketones is 2. The third kappa shape index (κ3) is 6.25. The number of hydrazone groups is 1. The highest BCUT2D eigenvalue weighted by atomic mass is 19.3. The smallest absolute Gasteiger partial charge is 0.387 e. The van der Waals surface area contributed by atoms with Gasteiger partial charge in [-0.1, -0.05) is 0 Å². The quantitative estimate of drug-likeness (QED) is 0.468. The summed E-state index contributed by atoms with van der Waals surface area (Å²) < 4.78 is 27.9. The second-order valence-corrected chi connectivity index (χ2v) is 3.62. The molecule has 0 bridgehead atoms. The van der Waals surface area contributed by atoms with Gasteiger partial charge in [-0.2, -0.15) is 13.9 Å². The third-order valence-corrected chi connectivity index (χ3v) is 1.90. The number of alkyl halides is 2. The van der Waals surface area contributed by atoms with Gasteiger partial charge in [0.05, 0.1) is 18.3 Å². The van der Waals surface area contributed by atoms with Gasteiger partial charge in [-0.05, 0) is 31.2 Å². The van der Waals surface area contributed by atoms with E-state index in [0.717, 1.165) is 6.21 Å². The molecule has 5 nitrogen and oxygen atoms in total. The van der Waals surface area contributed by atoms with E-state index in [1.165, 1.54) is 31.2 Å². The lowest BCUT2D eigenvalue weighted by Crippen LogP contribution is -2.06. The number of nitrogens with zero attached hydrogens (tertiary/aromatic N) is 1. The number of benzene rings is 1. The summed E-state index contributed by atoms with van der Waals surface area (Å²) in [5.74, 6) is -0.639. The van der Waals surface area contributed by atoms with Gasteiger partial charge in [0.25, 0.3) is 0 Å². The normalized spacial score (nSPS) is 10.7. The molecule has 0 spiro atoms. The van der Waals surface area contributed by atoms with Gasteiger partial charge in [0.1, 0.15) is 11.5 Å². The average molecular weight is 270 g/mol. The van der Waals surface area contributed by atoms with Gasteiger partial charge in [-0.25, -0.2) is 0 Å². The Morgan fingerprint density at radius 1 is 1.37 bits per heavy atom. The van der Waals surface area contributed by atoms with Crippen LogP contribution in [0.3, 0.4) is 0 Å². The van der Waals surface area contributed by atoms with E-state index in [1.807, 2.05) is 0 Å². The number of carbonyl (C=O) groups excluding carboxylic acids is 2. The Morgan fingerprint density at radius 2 is 2.00 bits per heavy atom. The number of hydrogen-bond acceptors (Lipinski definition) is 5. The molecule has 0 aliphatic carbocycles. The molecule has 1 aromatic carbocycles. The molecule has 0 amide bonds. The van der Waals surface area contributed by atoms with E-state index in [2.05, 4.69) is 15.3 Å². The zero-order valence-electron chi connectivity index (χ0n) is 10.1. The van der Waals surface area contributed by atoms with Crippen molar-refractivity contribution in [3.05, 3.63) is 24.3 Å². The fourth-order valence-electron chi connectivity index (χ4n) is 1.18. The number of Topliss-reactive ketones (excluding diaryl/α,β-unsaturated/α-hetero) is 2. The Hall–Kier alpha value is -2.31. The van der Waals surface area contributed by atoms with Crippen LogP contribution in [0.1, 0.15) is 13.3 Å². The molecule has 19 heavy (non-hydrogen) atoms. The summed E-state index contributed by atoms with van der Waals surface area (Å²) in [6, 6.07) is 5.60. The van der Waals surface area contributed by atoms with E-state index in [0.29, 0.717) is 5.69 Å². The van der Waals surface area contributed by atoms with Crippen LogP contribution in [0, 0.1) is 0 Å². The van der Waals surface area contributed by atoms with Crippen molar-refractivity contribution in [1.29, 1.82) is 0 Å². The number of rotatable bonds is 7. The van der Waals surface area contributed by atoms with E-state index in [-0.39, 0.29) is 18.0 Å². The first kappa shape index (κ1) is 14.7. The van der Waals surface area contributed by atoms with Gasteiger partial charge >= 0.3 is 6.61 Å². The zero-order chi connectivity index (χ0) is 14.3. The molecule has 0 saturated carbocycles. The molecule has 0 aliphatic heterocycles. The lowest BCUT2D eigenvalue weighted by Gasteiger charge is -2.05. The third-order valence-electron chi connectivity index (χ3n) is 1.90. The SMILES string of the molecule is CC(=O)CC(=O)C=NNc1ccc(OC(F)F)cc1. The topological polar surface area (TPSA) is 67.8 Å². The predicted molar refractivity (Wildman–Crippen MR) is 65.5 cm³/mol. The maximum Gasteiger partial charge on any atom is 0.387 e. The van der Waals surface area contributed by atoms with E-state index in [1.54, 1.807) is 0 Å². The molecule has 0 radical (unpaired) electrons. The Bertz CT molecular complexity index is 472. The Balaban J connectivity index is 2.47. The number of carbonyl (C=O) groups is 2. The number of hydrogen-bond donors (Lipinski definition) is 1. The molecule has 1 rings (SSSR count). The fraction of sp³-hybridized carbons (Fsp3) is 0.250. The van der Waals surface area contributed by atoms with Crippen molar-refractivity contribution in [1.82, 2.24) is 0 Å². The average Bonchev–Trinajstić information content (AvgIpc) is 2.29. The lowest BCUT2D eigenvalue weighted by atomic mass is 10.2. The number of anilines is 1. The number of nitrogens with one attached hydrogen (secondary N) is 1. The molecule has 0 atom stereocenters. The molecule has 0 fully saturated rings. The molecule has 102 valence electrons. The van der Waals surface area contributed by atoms with Crippen molar-refractivity contribution < 1.29 is 23.1 Å². The molecule has 7 heteroatoms. The molecule has 0 aromatic heterocycles. The summed E-state index contributed by atoms with van der Waals surface area (Å²) in [6.45, 7) is -1.57. The minimum Gasteiger partial charge on any atom is -0.435 e. The van der Waals surface area contributed by atoms with Crippen molar-refractivity contribution in [3.8, 4) is 5.75 Å². The van der Waals surface area contributed by atoms with Crippen molar-refractivity contribution in [2.24, 2.45) is 5.10 Å². The van der Waals surface area contributed by atoms with Gasteiger partial charge in [0.2, 0.25) is 0 Å². The van der Waals surface area contributed by atoms with Crippen LogP contribution in [0.15, 0.2) is 29.4 Å². The molecule has 0 heterocycles. The van der Waals surface area contributed by atoms with Gasteiger partial charge in [0, 0.05) is 0 Å². The summed E-state index contributed by atoms with van der Waals surface area (Å²) in [4.78, 5) is 21.7. The highest BCUT2D eigenvalue weighted by Crippen LogP contribution is 2.17. The van der Waals surface area contributed by atoms with E-state index in [4.69, 9.17) is 0 Å². The largest absolute Gasteiger partial charge is 0.435 e. The van der Waals surface area contributed by atoms with Crippen LogP contribution in [-0.2, 0) is 9.59 Å². The van der Waals surface area contributed by atoms with Crippen molar-refractivity contribution in [3.63, 3.8) is 0 Å². The van der Waals surface area contributed by atoms with Crippen LogP contribution < -0.4 is 10.2 Å². The van der Waals surface area contributed by atoms with Crippen molar-refractivity contribution in [2.45, 2.75) is 20.0 Å². The summed E-state index contributed by atoms with van der Waals surface area (Å²) in [5.41, 5.74) is 3.02. The number of halogens is 2. The van der Waals surface area contributed by atoms with Gasteiger partial charge in [-0.3, -0.25) is 15.0 Å². The summed E-state index contributed by atoms with van der Waals surface area (Å²) in [7, 11) is 0.